The number of nitrogens with zero attached hydrogens (tertiary/aromatic N) is 2. The summed E-state index contributed by atoms with van der Waals surface area (Å²) in [6.07, 6.45) is 2.49. The summed E-state index contributed by atoms with van der Waals surface area (Å²) in [7, 11) is 0. The topological polar surface area (TPSA) is 62.3 Å². The van der Waals surface area contributed by atoms with E-state index in [1.807, 2.05) is 25.1 Å². The van der Waals surface area contributed by atoms with Gasteiger partial charge < -0.3 is 10.2 Å². The zero-order valence-corrected chi connectivity index (χ0v) is 12.6. The SMILES string of the molecule is CC(=O)N1CCc2cc(C(=O)Nc3ccc(C)cn3)ccc21. The lowest BCUT2D eigenvalue weighted by atomic mass is 10.1. The Bertz CT molecular complexity index is 738. The number of aryl methyl sites for hydroxylation is 1. The molecule has 22 heavy (non-hydrogen) atoms. The number of hydrogen-bond donors (Lipinski definition) is 1. The molecule has 1 N–H and O–H groups in total. The van der Waals surface area contributed by atoms with Crippen LogP contribution in [0.25, 0.3) is 0 Å². The van der Waals surface area contributed by atoms with E-state index in [9.17, 15) is 9.59 Å². The molecule has 0 aliphatic carbocycles. The maximum atomic E-state index is 12.3. The molecule has 0 saturated heterocycles. The van der Waals surface area contributed by atoms with E-state index in [0.29, 0.717) is 17.9 Å². The van der Waals surface area contributed by atoms with Crippen molar-refractivity contribution < 1.29 is 9.59 Å². The number of amides is 2. The van der Waals surface area contributed by atoms with Gasteiger partial charge in [0.2, 0.25) is 5.91 Å². The molecular formula is C17H17N3O2. The maximum Gasteiger partial charge on any atom is 0.256 e. The van der Waals surface area contributed by atoms with Crippen LogP contribution in [-0.4, -0.2) is 23.3 Å². The Hall–Kier alpha value is -2.69. The van der Waals surface area contributed by atoms with Crippen LogP contribution in [0.4, 0.5) is 11.5 Å². The normalized spacial score (nSPS) is 12.9. The van der Waals surface area contributed by atoms with E-state index in [1.54, 1.807) is 30.2 Å². The van der Waals surface area contributed by atoms with Gasteiger partial charge in [0.1, 0.15) is 5.82 Å². The monoisotopic (exact) mass is 295 g/mol. The molecule has 5 heteroatoms. The number of aromatic nitrogens is 1. The first-order valence-electron chi connectivity index (χ1n) is 7.19. The van der Waals surface area contributed by atoms with Gasteiger partial charge in [0.15, 0.2) is 0 Å². The molecule has 0 bridgehead atoms. The minimum Gasteiger partial charge on any atom is -0.312 e. The van der Waals surface area contributed by atoms with Crippen LogP contribution in [0.15, 0.2) is 36.5 Å². The predicted molar refractivity (Wildman–Crippen MR) is 85.1 cm³/mol. The van der Waals surface area contributed by atoms with Crippen LogP contribution in [-0.2, 0) is 11.2 Å². The summed E-state index contributed by atoms with van der Waals surface area (Å²) in [5.41, 5.74) is 3.55. The molecular weight excluding hydrogens is 278 g/mol. The van der Waals surface area contributed by atoms with Gasteiger partial charge in [0, 0.05) is 30.9 Å². The average molecular weight is 295 g/mol. The van der Waals surface area contributed by atoms with Crippen molar-refractivity contribution in [3.8, 4) is 0 Å². The first kappa shape index (κ1) is 14.3. The molecule has 3 rings (SSSR count). The summed E-state index contributed by atoms with van der Waals surface area (Å²) in [6.45, 7) is 4.17. The van der Waals surface area contributed by atoms with E-state index in [-0.39, 0.29) is 11.8 Å². The Kier molecular flexibility index (Phi) is 3.63. The predicted octanol–water partition coefficient (Wildman–Crippen LogP) is 2.55. The van der Waals surface area contributed by atoms with Crippen LogP contribution in [0.3, 0.4) is 0 Å². The second-order valence-electron chi connectivity index (χ2n) is 5.44. The molecule has 5 nitrogen and oxygen atoms in total. The second kappa shape index (κ2) is 5.60. The number of anilines is 2. The van der Waals surface area contributed by atoms with Crippen LogP contribution in [0, 0.1) is 6.92 Å². The zero-order valence-electron chi connectivity index (χ0n) is 12.6. The Morgan fingerprint density at radius 2 is 2.05 bits per heavy atom. The van der Waals surface area contributed by atoms with Gasteiger partial charge in [-0.2, -0.15) is 0 Å². The maximum absolute atomic E-state index is 12.3. The van der Waals surface area contributed by atoms with Crippen molar-refractivity contribution in [1.82, 2.24) is 4.98 Å². The van der Waals surface area contributed by atoms with Crippen molar-refractivity contribution in [2.45, 2.75) is 20.3 Å². The molecule has 2 heterocycles. The van der Waals surface area contributed by atoms with E-state index < -0.39 is 0 Å². The van der Waals surface area contributed by atoms with Crippen LogP contribution >= 0.6 is 0 Å². The highest BCUT2D eigenvalue weighted by atomic mass is 16.2. The van der Waals surface area contributed by atoms with Gasteiger partial charge in [-0.05, 0) is 48.7 Å². The minimum atomic E-state index is -0.194. The van der Waals surface area contributed by atoms with Crippen LogP contribution in [0.5, 0.6) is 0 Å². The minimum absolute atomic E-state index is 0.0276. The lowest BCUT2D eigenvalue weighted by Crippen LogP contribution is -2.25. The second-order valence-corrected chi connectivity index (χ2v) is 5.44. The number of hydrogen-bond acceptors (Lipinski definition) is 3. The van der Waals surface area contributed by atoms with Gasteiger partial charge >= 0.3 is 0 Å². The third-order valence-corrected chi connectivity index (χ3v) is 3.77. The number of benzene rings is 1. The quantitative estimate of drug-likeness (QED) is 0.926. The van der Waals surface area contributed by atoms with Crippen molar-refractivity contribution in [2.75, 3.05) is 16.8 Å². The smallest absolute Gasteiger partial charge is 0.256 e. The number of rotatable bonds is 2. The van der Waals surface area contributed by atoms with Gasteiger partial charge in [0.05, 0.1) is 0 Å². The van der Waals surface area contributed by atoms with Crippen molar-refractivity contribution in [1.29, 1.82) is 0 Å². The highest BCUT2D eigenvalue weighted by Crippen LogP contribution is 2.29. The zero-order chi connectivity index (χ0) is 15.7. The van der Waals surface area contributed by atoms with Crippen molar-refractivity contribution in [3.05, 3.63) is 53.2 Å². The lowest BCUT2D eigenvalue weighted by molar-refractivity contribution is -0.116. The Morgan fingerprint density at radius 3 is 2.73 bits per heavy atom. The van der Waals surface area contributed by atoms with E-state index in [1.165, 1.54) is 0 Å². The molecule has 0 unspecified atom stereocenters. The Labute approximate surface area is 129 Å². The Balaban J connectivity index is 1.80. The van der Waals surface area contributed by atoms with E-state index >= 15 is 0 Å². The molecule has 0 fully saturated rings. The molecule has 1 aromatic carbocycles. The van der Waals surface area contributed by atoms with Gasteiger partial charge in [-0.15, -0.1) is 0 Å². The number of carbonyl (C=O) groups excluding carboxylic acids is 2. The van der Waals surface area contributed by atoms with Gasteiger partial charge in [-0.25, -0.2) is 4.98 Å². The molecule has 0 spiro atoms. The van der Waals surface area contributed by atoms with Crippen molar-refractivity contribution in [3.63, 3.8) is 0 Å². The lowest BCUT2D eigenvalue weighted by Gasteiger charge is -2.14. The fourth-order valence-corrected chi connectivity index (χ4v) is 2.60. The summed E-state index contributed by atoms with van der Waals surface area (Å²) >= 11 is 0. The summed E-state index contributed by atoms with van der Waals surface area (Å²) in [5, 5.41) is 2.78. The molecule has 0 radical (unpaired) electrons. The Morgan fingerprint density at radius 1 is 1.23 bits per heavy atom. The van der Waals surface area contributed by atoms with Crippen molar-refractivity contribution >= 4 is 23.3 Å². The van der Waals surface area contributed by atoms with Crippen LogP contribution in [0.2, 0.25) is 0 Å². The van der Waals surface area contributed by atoms with E-state index in [4.69, 9.17) is 0 Å². The largest absolute Gasteiger partial charge is 0.312 e. The summed E-state index contributed by atoms with van der Waals surface area (Å²) in [6, 6.07) is 9.10. The number of fused-ring (bicyclic) bond motifs is 1. The van der Waals surface area contributed by atoms with E-state index in [0.717, 1.165) is 23.2 Å². The number of pyridine rings is 1. The number of nitrogens with one attached hydrogen (secondary N) is 1. The van der Waals surface area contributed by atoms with Crippen molar-refractivity contribution in [2.24, 2.45) is 0 Å². The molecule has 2 amide bonds. The van der Waals surface area contributed by atoms with Gasteiger partial charge in [-0.3, -0.25) is 9.59 Å². The first-order valence-corrected chi connectivity index (χ1v) is 7.19. The molecule has 2 aromatic rings. The summed E-state index contributed by atoms with van der Waals surface area (Å²) < 4.78 is 0. The van der Waals surface area contributed by atoms with Crippen LogP contribution in [0.1, 0.15) is 28.4 Å². The molecule has 0 atom stereocenters. The summed E-state index contributed by atoms with van der Waals surface area (Å²) in [4.78, 5) is 29.7. The highest BCUT2D eigenvalue weighted by Gasteiger charge is 2.23. The summed E-state index contributed by atoms with van der Waals surface area (Å²) in [5.74, 6) is 0.363. The fourth-order valence-electron chi connectivity index (χ4n) is 2.60. The number of carbonyl (C=O) groups is 2. The molecule has 1 aliphatic rings. The first-order chi connectivity index (χ1) is 10.5. The molecule has 112 valence electrons. The third kappa shape index (κ3) is 2.70. The van der Waals surface area contributed by atoms with E-state index in [2.05, 4.69) is 10.3 Å². The average Bonchev–Trinajstić information content (AvgIpc) is 2.92. The third-order valence-electron chi connectivity index (χ3n) is 3.77. The fraction of sp³-hybridized carbons (Fsp3) is 0.235. The highest BCUT2D eigenvalue weighted by molar-refractivity contribution is 6.04. The molecule has 0 saturated carbocycles. The van der Waals surface area contributed by atoms with Gasteiger partial charge in [0.25, 0.3) is 5.91 Å². The molecule has 1 aliphatic heterocycles. The standard InChI is InChI=1S/C17H17N3O2/c1-11-3-6-16(18-10-11)19-17(22)14-4-5-15-13(9-14)7-8-20(15)12(2)21/h3-6,9-10H,7-8H2,1-2H3,(H,18,19,22). The van der Waals surface area contributed by atoms with Gasteiger partial charge in [-0.1, -0.05) is 6.07 Å². The molecule has 1 aromatic heterocycles. The van der Waals surface area contributed by atoms with Crippen LogP contribution < -0.4 is 10.2 Å².